The molecule has 37 heavy (non-hydrogen) atoms. The number of fused-ring (bicyclic) bond motifs is 3. The summed E-state index contributed by atoms with van der Waals surface area (Å²) >= 11 is 7.27. The number of hydrogen-bond acceptors (Lipinski definition) is 6. The molecule has 10 heteroatoms. The summed E-state index contributed by atoms with van der Waals surface area (Å²) in [5.41, 5.74) is 5.08. The van der Waals surface area contributed by atoms with Crippen molar-refractivity contribution in [2.24, 2.45) is 0 Å². The molecule has 4 aromatic rings. The molecule has 0 spiro atoms. The summed E-state index contributed by atoms with van der Waals surface area (Å²) in [5, 5.41) is 3.68. The largest absolute Gasteiger partial charge is 0.325 e. The Bertz CT molecular complexity index is 1610. The highest BCUT2D eigenvalue weighted by Gasteiger charge is 2.36. The van der Waals surface area contributed by atoms with Crippen molar-refractivity contribution in [3.05, 3.63) is 94.6 Å². The summed E-state index contributed by atoms with van der Waals surface area (Å²) in [4.78, 5) is 21.3. The van der Waals surface area contributed by atoms with Crippen molar-refractivity contribution in [2.45, 2.75) is 30.4 Å². The average Bonchev–Trinajstić information content (AvgIpc) is 2.88. The lowest BCUT2D eigenvalue weighted by Crippen LogP contribution is -2.34. The van der Waals surface area contributed by atoms with Gasteiger partial charge in [0.05, 0.1) is 29.9 Å². The summed E-state index contributed by atoms with van der Waals surface area (Å²) in [6, 6.07) is 20.4. The Labute approximate surface area is 225 Å². The molecule has 1 aliphatic heterocycles. The SMILES string of the molecule is Cc1ccc(CN2c3ccccc3-c3nc(SCC(=O)Nc4ccc(C)c(Cl)c4)ncc3S2(=O)=O)cc1. The van der Waals surface area contributed by atoms with E-state index >= 15 is 0 Å². The molecule has 2 heterocycles. The number of rotatable bonds is 6. The van der Waals surface area contributed by atoms with Crippen LogP contribution in [0.2, 0.25) is 5.02 Å². The number of amides is 1. The Morgan fingerprint density at radius 1 is 1.05 bits per heavy atom. The fraction of sp³-hybridized carbons (Fsp3) is 0.148. The fourth-order valence-corrected chi connectivity index (χ4v) is 6.33. The molecule has 0 saturated heterocycles. The summed E-state index contributed by atoms with van der Waals surface area (Å²) < 4.78 is 28.7. The quantitative estimate of drug-likeness (QED) is 0.239. The van der Waals surface area contributed by atoms with Gasteiger partial charge in [0, 0.05) is 16.3 Å². The van der Waals surface area contributed by atoms with E-state index in [1.54, 1.807) is 24.3 Å². The van der Waals surface area contributed by atoms with Crippen LogP contribution in [0.15, 0.2) is 83.0 Å². The van der Waals surface area contributed by atoms with E-state index < -0.39 is 10.0 Å². The van der Waals surface area contributed by atoms with Crippen LogP contribution in [0.4, 0.5) is 11.4 Å². The Balaban J connectivity index is 1.39. The number of para-hydroxylation sites is 1. The molecule has 0 radical (unpaired) electrons. The monoisotopic (exact) mass is 550 g/mol. The van der Waals surface area contributed by atoms with Crippen LogP contribution in [0, 0.1) is 13.8 Å². The molecule has 0 unspecified atom stereocenters. The highest BCUT2D eigenvalue weighted by atomic mass is 35.5. The molecular formula is C27H23ClN4O3S2. The Morgan fingerprint density at radius 2 is 1.81 bits per heavy atom. The first kappa shape index (κ1) is 25.3. The number of aryl methyl sites for hydroxylation is 2. The van der Waals surface area contributed by atoms with Gasteiger partial charge in [-0.05, 0) is 43.2 Å². The van der Waals surface area contributed by atoms with Crippen LogP contribution in [0.3, 0.4) is 0 Å². The van der Waals surface area contributed by atoms with Crippen LogP contribution in [-0.4, -0.2) is 30.0 Å². The maximum atomic E-state index is 13.6. The number of nitrogens with zero attached hydrogens (tertiary/aromatic N) is 3. The number of nitrogens with one attached hydrogen (secondary N) is 1. The van der Waals surface area contributed by atoms with E-state index in [0.29, 0.717) is 32.8 Å². The van der Waals surface area contributed by atoms with Crippen molar-refractivity contribution in [1.29, 1.82) is 0 Å². The Hall–Kier alpha value is -3.40. The number of benzene rings is 3. The van der Waals surface area contributed by atoms with Crippen LogP contribution in [-0.2, 0) is 21.4 Å². The van der Waals surface area contributed by atoms with E-state index in [1.165, 1.54) is 10.5 Å². The van der Waals surface area contributed by atoms with Crippen molar-refractivity contribution >= 4 is 50.7 Å². The standard InChI is InChI=1S/C27H23ClN4O3S2/c1-17-7-10-19(11-8-17)15-32-23-6-4-3-5-21(23)26-24(37(32,34)35)14-29-27(31-26)36-16-25(33)30-20-12-9-18(2)22(28)13-20/h3-14H,15-16H2,1-2H3,(H,30,33). The minimum atomic E-state index is -3.89. The van der Waals surface area contributed by atoms with Crippen molar-refractivity contribution in [2.75, 3.05) is 15.4 Å². The average molecular weight is 551 g/mol. The van der Waals surface area contributed by atoms with Gasteiger partial charge < -0.3 is 5.32 Å². The molecule has 0 bridgehead atoms. The maximum absolute atomic E-state index is 13.6. The van der Waals surface area contributed by atoms with Crippen LogP contribution in [0.5, 0.6) is 0 Å². The molecule has 7 nitrogen and oxygen atoms in total. The molecular weight excluding hydrogens is 528 g/mol. The molecule has 1 N–H and O–H groups in total. The number of aromatic nitrogens is 2. The predicted octanol–water partition coefficient (Wildman–Crippen LogP) is 5.85. The maximum Gasteiger partial charge on any atom is 0.268 e. The lowest BCUT2D eigenvalue weighted by atomic mass is 10.1. The zero-order chi connectivity index (χ0) is 26.2. The number of carbonyl (C=O) groups excluding carboxylic acids is 1. The van der Waals surface area contributed by atoms with E-state index in [4.69, 9.17) is 11.6 Å². The summed E-state index contributed by atoms with van der Waals surface area (Å²) in [5.74, 6) is -0.193. The zero-order valence-corrected chi connectivity index (χ0v) is 22.5. The second-order valence-corrected chi connectivity index (χ2v) is 11.9. The van der Waals surface area contributed by atoms with Crippen LogP contribution in [0.1, 0.15) is 16.7 Å². The normalized spacial score (nSPS) is 13.5. The first-order chi connectivity index (χ1) is 17.7. The molecule has 0 aliphatic carbocycles. The van der Waals surface area contributed by atoms with Gasteiger partial charge in [0.15, 0.2) is 5.16 Å². The number of anilines is 2. The van der Waals surface area contributed by atoms with Gasteiger partial charge in [-0.2, -0.15) is 0 Å². The molecule has 5 rings (SSSR count). The van der Waals surface area contributed by atoms with E-state index in [2.05, 4.69) is 15.3 Å². The first-order valence-electron chi connectivity index (χ1n) is 11.5. The smallest absolute Gasteiger partial charge is 0.268 e. The lowest BCUT2D eigenvalue weighted by molar-refractivity contribution is -0.113. The van der Waals surface area contributed by atoms with Crippen LogP contribution >= 0.6 is 23.4 Å². The minimum absolute atomic E-state index is 0.0430. The lowest BCUT2D eigenvalue weighted by Gasteiger charge is -2.31. The molecule has 188 valence electrons. The second-order valence-electron chi connectivity index (χ2n) is 8.68. The number of sulfonamides is 1. The molecule has 1 amide bonds. The summed E-state index contributed by atoms with van der Waals surface area (Å²) in [7, 11) is -3.89. The number of thioether (sulfide) groups is 1. The van der Waals surface area contributed by atoms with Gasteiger partial charge >= 0.3 is 0 Å². The van der Waals surface area contributed by atoms with Gasteiger partial charge in [0.1, 0.15) is 4.90 Å². The van der Waals surface area contributed by atoms with Gasteiger partial charge in [-0.25, -0.2) is 18.4 Å². The van der Waals surface area contributed by atoms with Gasteiger partial charge in [-0.15, -0.1) is 0 Å². The highest BCUT2D eigenvalue weighted by Crippen LogP contribution is 2.42. The molecule has 1 aromatic heterocycles. The fourth-order valence-electron chi connectivity index (χ4n) is 3.97. The van der Waals surface area contributed by atoms with E-state index in [0.717, 1.165) is 28.5 Å². The van der Waals surface area contributed by atoms with Gasteiger partial charge in [-0.3, -0.25) is 9.10 Å². The molecule has 0 saturated carbocycles. The number of carbonyl (C=O) groups is 1. The van der Waals surface area contributed by atoms with E-state index in [-0.39, 0.29) is 23.1 Å². The van der Waals surface area contributed by atoms with E-state index in [1.807, 2.05) is 56.3 Å². The van der Waals surface area contributed by atoms with Crippen molar-refractivity contribution in [1.82, 2.24) is 9.97 Å². The summed E-state index contributed by atoms with van der Waals surface area (Å²) in [6.07, 6.45) is 1.33. The molecule has 0 fully saturated rings. The van der Waals surface area contributed by atoms with Gasteiger partial charge in [-0.1, -0.05) is 77.5 Å². The Kier molecular flexibility index (Phi) is 6.94. The van der Waals surface area contributed by atoms with Crippen molar-refractivity contribution in [3.8, 4) is 11.3 Å². The zero-order valence-electron chi connectivity index (χ0n) is 20.1. The molecule has 0 atom stereocenters. The number of halogens is 1. The third kappa shape index (κ3) is 5.20. The third-order valence-corrected chi connectivity index (χ3v) is 8.99. The summed E-state index contributed by atoms with van der Waals surface area (Å²) in [6.45, 7) is 4.07. The first-order valence-corrected chi connectivity index (χ1v) is 14.3. The van der Waals surface area contributed by atoms with Crippen LogP contribution in [0.25, 0.3) is 11.3 Å². The molecule has 3 aromatic carbocycles. The second kappa shape index (κ2) is 10.2. The van der Waals surface area contributed by atoms with Crippen molar-refractivity contribution < 1.29 is 13.2 Å². The van der Waals surface area contributed by atoms with Gasteiger partial charge in [0.2, 0.25) is 5.91 Å². The van der Waals surface area contributed by atoms with Crippen molar-refractivity contribution in [3.63, 3.8) is 0 Å². The Morgan fingerprint density at radius 3 is 2.57 bits per heavy atom. The highest BCUT2D eigenvalue weighted by molar-refractivity contribution is 7.99. The minimum Gasteiger partial charge on any atom is -0.325 e. The van der Waals surface area contributed by atoms with Crippen LogP contribution < -0.4 is 9.62 Å². The third-order valence-electron chi connectivity index (χ3n) is 5.96. The number of hydrogen-bond donors (Lipinski definition) is 1. The topological polar surface area (TPSA) is 92.3 Å². The van der Waals surface area contributed by atoms with Gasteiger partial charge in [0.25, 0.3) is 10.0 Å². The van der Waals surface area contributed by atoms with E-state index in [9.17, 15) is 13.2 Å². The predicted molar refractivity (Wildman–Crippen MR) is 148 cm³/mol. The molecule has 1 aliphatic rings.